The summed E-state index contributed by atoms with van der Waals surface area (Å²) in [5, 5.41) is 5.57. The molecule has 3 aliphatic rings. The number of hydrogen-bond donors (Lipinski definition) is 3. The van der Waals surface area contributed by atoms with Crippen LogP contribution in [0.5, 0.6) is 11.5 Å². The van der Waals surface area contributed by atoms with Crippen LogP contribution in [0.4, 0.5) is 4.79 Å². The van der Waals surface area contributed by atoms with E-state index in [1.807, 2.05) is 42.5 Å². The predicted octanol–water partition coefficient (Wildman–Crippen LogP) is 6.04. The van der Waals surface area contributed by atoms with E-state index in [0.717, 1.165) is 24.8 Å². The van der Waals surface area contributed by atoms with Gasteiger partial charge in [-0.25, -0.2) is 18.2 Å². The van der Waals surface area contributed by atoms with Crippen LogP contribution in [0.3, 0.4) is 0 Å². The Morgan fingerprint density at radius 1 is 0.983 bits per heavy atom. The highest BCUT2D eigenvalue weighted by Crippen LogP contribution is 2.45. The van der Waals surface area contributed by atoms with Crippen molar-refractivity contribution in [3.63, 3.8) is 0 Å². The Morgan fingerprint density at radius 3 is 2.29 bits per heavy atom. The largest absolute Gasteiger partial charge is 0.497 e. The zero-order valence-electron chi connectivity index (χ0n) is 35.0. The second-order valence-corrected chi connectivity index (χ2v) is 19.9. The maximum Gasteiger partial charge on any atom is 0.408 e. The molecule has 15 heteroatoms. The zero-order valence-corrected chi connectivity index (χ0v) is 35.8. The van der Waals surface area contributed by atoms with Crippen LogP contribution < -0.4 is 24.8 Å². The molecule has 0 bridgehead atoms. The summed E-state index contributed by atoms with van der Waals surface area (Å²) < 4.78 is 46.7. The first-order chi connectivity index (χ1) is 27.7. The maximum absolute atomic E-state index is 14.7. The number of carbonyl (C=O) groups is 4. The van der Waals surface area contributed by atoms with Gasteiger partial charge in [-0.1, -0.05) is 76.4 Å². The summed E-state index contributed by atoms with van der Waals surface area (Å²) in [6.45, 7) is 14.3. The van der Waals surface area contributed by atoms with Crippen molar-refractivity contribution in [1.82, 2.24) is 25.2 Å². The van der Waals surface area contributed by atoms with E-state index in [9.17, 15) is 27.6 Å². The molecule has 2 saturated carbocycles. The minimum atomic E-state index is -4.01. The lowest BCUT2D eigenvalue weighted by molar-refractivity contribution is -0.143. The van der Waals surface area contributed by atoms with Crippen molar-refractivity contribution in [3.8, 4) is 22.8 Å². The van der Waals surface area contributed by atoms with Crippen molar-refractivity contribution in [2.24, 2.45) is 11.3 Å². The first kappa shape index (κ1) is 43.4. The molecule has 2 aliphatic carbocycles. The standard InChI is InChI=1S/C44H57N5O9S/c1-9-28-25-44(28,40(52)48-59(54,55)31-18-14-11-15-19-31)47-38(50)35-23-30(26-49(35)39(51)37(42(2,3)4)46-41(53)58-43(5,6)7)57-36-24-33(27-16-12-10-13-17-27)45-34-22-29(56-8)20-21-32(34)36/h9-10,12-13,16-17,20-22,24,28,30-31,35,37H,1,11,14-15,18-19,23,25-26H2,2-8H3,(H,46,53)(H,47,50)(H,48,52)/t28?,30-,35+,37-,44-/m1/s1. The average molecular weight is 832 g/mol. The number of rotatable bonds is 12. The topological polar surface area (TPSA) is 182 Å². The van der Waals surface area contributed by atoms with Crippen LogP contribution in [0.25, 0.3) is 22.2 Å². The lowest BCUT2D eigenvalue weighted by Crippen LogP contribution is -2.60. The van der Waals surface area contributed by atoms with Crippen molar-refractivity contribution in [3.05, 3.63) is 67.3 Å². The zero-order chi connectivity index (χ0) is 42.9. The number of amides is 4. The highest BCUT2D eigenvalue weighted by atomic mass is 32.2. The van der Waals surface area contributed by atoms with Crippen LogP contribution in [0.15, 0.2) is 67.3 Å². The van der Waals surface area contributed by atoms with E-state index >= 15 is 0 Å². The van der Waals surface area contributed by atoms with E-state index < -0.39 is 79.7 Å². The monoisotopic (exact) mass is 831 g/mol. The van der Waals surface area contributed by atoms with Crippen LogP contribution in [0.2, 0.25) is 0 Å². The molecule has 318 valence electrons. The number of ether oxygens (including phenoxy) is 3. The summed E-state index contributed by atoms with van der Waals surface area (Å²) in [6.07, 6.45) is 3.47. The van der Waals surface area contributed by atoms with E-state index in [1.54, 1.807) is 60.8 Å². The number of fused-ring (bicyclic) bond motifs is 1. The van der Waals surface area contributed by atoms with E-state index in [4.69, 9.17) is 19.2 Å². The molecule has 0 radical (unpaired) electrons. The lowest BCUT2D eigenvalue weighted by Gasteiger charge is -2.36. The number of carbonyl (C=O) groups excluding carboxylic acids is 4. The number of alkyl carbamates (subject to hydrolysis) is 1. The molecule has 6 rings (SSSR count). The van der Waals surface area contributed by atoms with E-state index in [-0.39, 0.29) is 19.4 Å². The molecule has 3 fully saturated rings. The van der Waals surface area contributed by atoms with Gasteiger partial charge in [-0.2, -0.15) is 0 Å². The number of aromatic nitrogens is 1. The number of benzene rings is 2. The molecule has 5 atom stereocenters. The molecule has 14 nitrogen and oxygen atoms in total. The van der Waals surface area contributed by atoms with Gasteiger partial charge in [0.25, 0.3) is 5.91 Å². The summed E-state index contributed by atoms with van der Waals surface area (Å²) in [4.78, 5) is 62.6. The molecule has 4 amide bonds. The van der Waals surface area contributed by atoms with Crippen LogP contribution in [-0.4, -0.2) is 90.3 Å². The maximum atomic E-state index is 14.7. The molecule has 1 unspecified atom stereocenters. The lowest BCUT2D eigenvalue weighted by atomic mass is 9.85. The van der Waals surface area contributed by atoms with Crippen LogP contribution in [0.1, 0.15) is 86.5 Å². The van der Waals surface area contributed by atoms with Crippen molar-refractivity contribution < 1.29 is 41.8 Å². The molecule has 0 spiro atoms. The third kappa shape index (κ3) is 9.83. The van der Waals surface area contributed by atoms with Gasteiger partial charge in [0.2, 0.25) is 21.8 Å². The Morgan fingerprint density at radius 2 is 1.68 bits per heavy atom. The molecule has 1 saturated heterocycles. The van der Waals surface area contributed by atoms with Crippen molar-refractivity contribution in [2.75, 3.05) is 13.7 Å². The Bertz CT molecular complexity index is 2190. The third-order valence-corrected chi connectivity index (χ3v) is 13.1. The van der Waals surface area contributed by atoms with E-state index in [2.05, 4.69) is 21.9 Å². The Hall–Kier alpha value is -5.18. The average Bonchev–Trinajstić information content (AvgIpc) is 3.74. The smallest absolute Gasteiger partial charge is 0.408 e. The molecular formula is C44H57N5O9S. The van der Waals surface area contributed by atoms with Gasteiger partial charge in [0.05, 0.1) is 30.1 Å². The first-order valence-corrected chi connectivity index (χ1v) is 21.8. The van der Waals surface area contributed by atoms with Gasteiger partial charge in [0, 0.05) is 35.4 Å². The number of nitrogens with one attached hydrogen (secondary N) is 3. The van der Waals surface area contributed by atoms with Gasteiger partial charge >= 0.3 is 6.09 Å². The molecule has 1 aliphatic heterocycles. The molecule has 59 heavy (non-hydrogen) atoms. The van der Waals surface area contributed by atoms with Crippen LogP contribution in [-0.2, 0) is 29.1 Å². The van der Waals surface area contributed by atoms with Gasteiger partial charge in [0.1, 0.15) is 40.8 Å². The van der Waals surface area contributed by atoms with Gasteiger partial charge in [-0.3, -0.25) is 19.1 Å². The second-order valence-electron chi connectivity index (χ2n) is 17.9. The number of likely N-dealkylation sites (tertiary alicyclic amines) is 1. The fourth-order valence-electron chi connectivity index (χ4n) is 7.97. The molecule has 2 aromatic carbocycles. The quantitative estimate of drug-likeness (QED) is 0.182. The molecule has 3 N–H and O–H groups in total. The van der Waals surface area contributed by atoms with Crippen LogP contribution >= 0.6 is 0 Å². The van der Waals surface area contributed by atoms with Gasteiger partial charge in [0.15, 0.2) is 0 Å². The predicted molar refractivity (Wildman–Crippen MR) is 224 cm³/mol. The minimum Gasteiger partial charge on any atom is -0.497 e. The summed E-state index contributed by atoms with van der Waals surface area (Å²) in [7, 11) is -2.44. The first-order valence-electron chi connectivity index (χ1n) is 20.3. The number of pyridine rings is 1. The fourth-order valence-corrected chi connectivity index (χ4v) is 9.53. The van der Waals surface area contributed by atoms with Gasteiger partial charge < -0.3 is 29.7 Å². The fraction of sp³-hybridized carbons (Fsp3) is 0.523. The highest BCUT2D eigenvalue weighted by Gasteiger charge is 2.62. The minimum absolute atomic E-state index is 0.0122. The highest BCUT2D eigenvalue weighted by molar-refractivity contribution is 7.90. The van der Waals surface area contributed by atoms with Gasteiger partial charge in [-0.05, 0) is 57.6 Å². The summed E-state index contributed by atoms with van der Waals surface area (Å²) in [6, 6.07) is 14.5. The van der Waals surface area contributed by atoms with E-state index in [1.165, 1.54) is 11.0 Å². The number of methoxy groups -OCH3 is 1. The summed E-state index contributed by atoms with van der Waals surface area (Å²) in [5.74, 6) is -1.54. The summed E-state index contributed by atoms with van der Waals surface area (Å²) >= 11 is 0. The van der Waals surface area contributed by atoms with Gasteiger partial charge in [-0.15, -0.1) is 6.58 Å². The third-order valence-electron chi connectivity index (χ3n) is 11.2. The van der Waals surface area contributed by atoms with Crippen molar-refractivity contribution in [1.29, 1.82) is 0 Å². The number of hydrogen-bond acceptors (Lipinski definition) is 10. The molecule has 2 heterocycles. The SMILES string of the molecule is C=CC1C[C@]1(NC(=O)[C@@H]1C[C@@H](Oc2cc(-c3ccccc3)nc3cc(OC)ccc23)CN1C(=O)[C@@H](NC(=O)OC(C)(C)C)C(C)(C)C)C(=O)NS(=O)(=O)C1CCCCC1. The number of sulfonamides is 1. The number of nitrogens with zero attached hydrogens (tertiary/aromatic N) is 2. The van der Waals surface area contributed by atoms with Crippen molar-refractivity contribution in [2.45, 2.75) is 121 Å². The second kappa shape index (κ2) is 16.8. The van der Waals surface area contributed by atoms with Crippen LogP contribution in [0, 0.1) is 11.3 Å². The Labute approximate surface area is 346 Å². The molecular weight excluding hydrogens is 775 g/mol. The molecule has 3 aromatic rings. The summed E-state index contributed by atoms with van der Waals surface area (Å²) in [5.41, 5.74) is -1.17. The Balaban J connectivity index is 1.34. The normalized spacial score (nSPS) is 22.8. The van der Waals surface area contributed by atoms with Crippen molar-refractivity contribution >= 4 is 44.7 Å². The van der Waals surface area contributed by atoms with E-state index in [0.29, 0.717) is 40.9 Å². The molecule has 1 aromatic heterocycles. The Kier molecular flexibility index (Phi) is 12.4.